The van der Waals surface area contributed by atoms with Gasteiger partial charge in [-0.1, -0.05) is 43.6 Å². The molecule has 6 nitrogen and oxygen atoms in total. The normalized spacial score (nSPS) is 12.0. The molecule has 2 aromatic rings. The molecule has 0 fully saturated rings. The molecular weight excluding hydrogens is 366 g/mol. The lowest BCUT2D eigenvalue weighted by Crippen LogP contribution is -2.48. The van der Waals surface area contributed by atoms with Crippen LogP contribution in [0.4, 0.5) is 0 Å². The Hall–Kier alpha value is -2.86. The average Bonchev–Trinajstić information content (AvgIpc) is 2.65. The van der Waals surface area contributed by atoms with Gasteiger partial charge in [0.05, 0.1) is 13.3 Å². The first-order chi connectivity index (χ1) is 12.9. The largest absolute Gasteiger partial charge is 0.497 e. The van der Waals surface area contributed by atoms with Crippen molar-refractivity contribution in [1.29, 1.82) is 0 Å². The molecule has 0 aliphatic rings. The molecular formula is C20H22ClN3O3. The smallest absolute Gasteiger partial charge is 0.262 e. The summed E-state index contributed by atoms with van der Waals surface area (Å²) in [6.07, 6.45) is 1.51. The van der Waals surface area contributed by atoms with Gasteiger partial charge in [0.15, 0.2) is 0 Å². The SMILES string of the molecule is COc1cccc(C=NNC(=O)C(NC(=O)c2cccc(Cl)c2)C(C)C)c1. The van der Waals surface area contributed by atoms with Gasteiger partial charge >= 0.3 is 0 Å². The zero-order valence-corrected chi connectivity index (χ0v) is 16.2. The van der Waals surface area contributed by atoms with Gasteiger partial charge < -0.3 is 10.1 Å². The van der Waals surface area contributed by atoms with Crippen molar-refractivity contribution in [2.75, 3.05) is 7.11 Å². The summed E-state index contributed by atoms with van der Waals surface area (Å²) in [4.78, 5) is 24.8. The number of nitrogens with one attached hydrogen (secondary N) is 2. The summed E-state index contributed by atoms with van der Waals surface area (Å²) in [6, 6.07) is 13.1. The molecule has 1 atom stereocenters. The lowest BCUT2D eigenvalue weighted by Gasteiger charge is -2.20. The highest BCUT2D eigenvalue weighted by Crippen LogP contribution is 2.12. The third-order valence-corrected chi connectivity index (χ3v) is 4.04. The Bertz CT molecular complexity index is 837. The number of hydrazone groups is 1. The maximum atomic E-state index is 12.4. The minimum absolute atomic E-state index is 0.125. The Balaban J connectivity index is 2.01. The van der Waals surface area contributed by atoms with Crippen molar-refractivity contribution in [2.24, 2.45) is 11.0 Å². The number of rotatable bonds is 7. The number of ether oxygens (including phenoxy) is 1. The van der Waals surface area contributed by atoms with Crippen LogP contribution < -0.4 is 15.5 Å². The van der Waals surface area contributed by atoms with E-state index in [1.807, 2.05) is 32.0 Å². The number of carbonyl (C=O) groups excluding carboxylic acids is 2. The van der Waals surface area contributed by atoms with Gasteiger partial charge in [-0.3, -0.25) is 9.59 Å². The van der Waals surface area contributed by atoms with Gasteiger partial charge in [0.2, 0.25) is 0 Å². The lowest BCUT2D eigenvalue weighted by molar-refractivity contribution is -0.123. The molecule has 0 radical (unpaired) electrons. The van der Waals surface area contributed by atoms with Crippen LogP contribution in [0.15, 0.2) is 53.6 Å². The number of methoxy groups -OCH3 is 1. The Morgan fingerprint density at radius 1 is 1.15 bits per heavy atom. The second-order valence-electron chi connectivity index (χ2n) is 6.22. The molecule has 27 heavy (non-hydrogen) atoms. The zero-order valence-electron chi connectivity index (χ0n) is 15.4. The fraction of sp³-hybridized carbons (Fsp3) is 0.250. The number of benzene rings is 2. The predicted molar refractivity (Wildman–Crippen MR) is 106 cm³/mol. The van der Waals surface area contributed by atoms with E-state index in [0.717, 1.165) is 5.56 Å². The maximum absolute atomic E-state index is 12.4. The minimum atomic E-state index is -0.737. The molecule has 1 unspecified atom stereocenters. The molecule has 2 rings (SSSR count). The summed E-state index contributed by atoms with van der Waals surface area (Å²) in [7, 11) is 1.58. The first-order valence-corrected chi connectivity index (χ1v) is 8.82. The Kier molecular flexibility index (Phi) is 7.37. The maximum Gasteiger partial charge on any atom is 0.262 e. The number of hydrogen-bond acceptors (Lipinski definition) is 4. The van der Waals surface area contributed by atoms with E-state index in [1.54, 1.807) is 37.4 Å². The summed E-state index contributed by atoms with van der Waals surface area (Å²) < 4.78 is 5.14. The molecule has 0 saturated heterocycles. The zero-order chi connectivity index (χ0) is 19.8. The van der Waals surface area contributed by atoms with Crippen molar-refractivity contribution in [2.45, 2.75) is 19.9 Å². The fourth-order valence-corrected chi connectivity index (χ4v) is 2.54. The highest BCUT2D eigenvalue weighted by Gasteiger charge is 2.24. The van der Waals surface area contributed by atoms with E-state index in [0.29, 0.717) is 16.3 Å². The van der Waals surface area contributed by atoms with Gasteiger partial charge in [0.25, 0.3) is 11.8 Å². The predicted octanol–water partition coefficient (Wildman–Crippen LogP) is 3.25. The van der Waals surface area contributed by atoms with Crippen LogP contribution in [0.1, 0.15) is 29.8 Å². The van der Waals surface area contributed by atoms with E-state index in [2.05, 4.69) is 15.8 Å². The van der Waals surface area contributed by atoms with E-state index in [1.165, 1.54) is 6.21 Å². The molecule has 0 aromatic heterocycles. The highest BCUT2D eigenvalue weighted by molar-refractivity contribution is 6.31. The van der Waals surface area contributed by atoms with Crippen molar-refractivity contribution in [3.8, 4) is 5.75 Å². The molecule has 0 saturated carbocycles. The monoisotopic (exact) mass is 387 g/mol. The molecule has 2 N–H and O–H groups in total. The van der Waals surface area contributed by atoms with Crippen molar-refractivity contribution < 1.29 is 14.3 Å². The standard InChI is InChI=1S/C20H22ClN3O3/c1-13(2)18(23-19(25)15-7-5-8-16(21)11-15)20(26)24-22-12-14-6-4-9-17(10-14)27-3/h4-13,18H,1-3H3,(H,23,25)(H,24,26). The number of carbonyl (C=O) groups is 2. The van der Waals surface area contributed by atoms with Crippen molar-refractivity contribution in [3.05, 3.63) is 64.7 Å². The van der Waals surface area contributed by atoms with Crippen LogP contribution in [-0.2, 0) is 4.79 Å². The average molecular weight is 388 g/mol. The summed E-state index contributed by atoms with van der Waals surface area (Å²) >= 11 is 5.91. The van der Waals surface area contributed by atoms with E-state index >= 15 is 0 Å². The van der Waals surface area contributed by atoms with Crippen molar-refractivity contribution >= 4 is 29.6 Å². The van der Waals surface area contributed by atoms with Crippen LogP contribution in [0.3, 0.4) is 0 Å². The van der Waals surface area contributed by atoms with E-state index in [9.17, 15) is 9.59 Å². The quantitative estimate of drug-likeness (QED) is 0.565. The summed E-state index contributed by atoms with van der Waals surface area (Å²) in [6.45, 7) is 3.68. The minimum Gasteiger partial charge on any atom is -0.497 e. The lowest BCUT2D eigenvalue weighted by atomic mass is 10.0. The number of amides is 2. The molecule has 142 valence electrons. The molecule has 2 aromatic carbocycles. The van der Waals surface area contributed by atoms with Crippen molar-refractivity contribution in [1.82, 2.24) is 10.7 Å². The molecule has 0 heterocycles. The van der Waals surface area contributed by atoms with Crippen LogP contribution in [-0.4, -0.2) is 31.2 Å². The van der Waals surface area contributed by atoms with Gasteiger partial charge in [-0.25, -0.2) is 5.43 Å². The summed E-state index contributed by atoms with van der Waals surface area (Å²) in [5, 5.41) is 7.14. The molecule has 2 amide bonds. The third kappa shape index (κ3) is 6.11. The second kappa shape index (κ2) is 9.73. The van der Waals surface area contributed by atoms with Crippen LogP contribution in [0.25, 0.3) is 0 Å². The van der Waals surface area contributed by atoms with Crippen LogP contribution in [0, 0.1) is 5.92 Å². The molecule has 0 aliphatic carbocycles. The van der Waals surface area contributed by atoms with E-state index < -0.39 is 11.9 Å². The van der Waals surface area contributed by atoms with Crippen LogP contribution in [0.2, 0.25) is 5.02 Å². The highest BCUT2D eigenvalue weighted by atomic mass is 35.5. The van der Waals surface area contributed by atoms with E-state index in [4.69, 9.17) is 16.3 Å². The number of nitrogens with zero attached hydrogens (tertiary/aromatic N) is 1. The molecule has 0 spiro atoms. The number of hydrogen-bond donors (Lipinski definition) is 2. The molecule has 7 heteroatoms. The molecule has 0 aliphatic heterocycles. The van der Waals surface area contributed by atoms with Gasteiger partial charge in [-0.2, -0.15) is 5.10 Å². The molecule has 0 bridgehead atoms. The van der Waals surface area contributed by atoms with Crippen LogP contribution >= 0.6 is 11.6 Å². The van der Waals surface area contributed by atoms with Gasteiger partial charge in [-0.15, -0.1) is 0 Å². The number of halogens is 1. The Morgan fingerprint density at radius 3 is 2.56 bits per heavy atom. The van der Waals surface area contributed by atoms with Gasteiger partial charge in [-0.05, 0) is 41.8 Å². The van der Waals surface area contributed by atoms with Crippen molar-refractivity contribution in [3.63, 3.8) is 0 Å². The fourth-order valence-electron chi connectivity index (χ4n) is 2.35. The van der Waals surface area contributed by atoms with E-state index in [-0.39, 0.29) is 11.8 Å². The van der Waals surface area contributed by atoms with Crippen LogP contribution in [0.5, 0.6) is 5.75 Å². The summed E-state index contributed by atoms with van der Waals surface area (Å²) in [5.41, 5.74) is 3.63. The Labute approximate surface area is 163 Å². The van der Waals surface area contributed by atoms with Gasteiger partial charge in [0, 0.05) is 10.6 Å². The van der Waals surface area contributed by atoms with Gasteiger partial charge in [0.1, 0.15) is 11.8 Å². The first kappa shape index (κ1) is 20.5. The third-order valence-electron chi connectivity index (χ3n) is 3.80. The Morgan fingerprint density at radius 2 is 1.89 bits per heavy atom. The summed E-state index contributed by atoms with van der Waals surface area (Å²) in [5.74, 6) is -0.207. The second-order valence-corrected chi connectivity index (χ2v) is 6.65. The topological polar surface area (TPSA) is 79.8 Å². The first-order valence-electron chi connectivity index (χ1n) is 8.44.